The summed E-state index contributed by atoms with van der Waals surface area (Å²) in [6.45, 7) is 3.97. The van der Waals surface area contributed by atoms with E-state index in [9.17, 15) is 24.2 Å². The van der Waals surface area contributed by atoms with Crippen LogP contribution in [0.25, 0.3) is 6.08 Å². The Morgan fingerprint density at radius 3 is 2.78 bits per heavy atom. The second kappa shape index (κ2) is 11.7. The number of benzene rings is 1. The van der Waals surface area contributed by atoms with Gasteiger partial charge in [-0.1, -0.05) is 23.7 Å². The van der Waals surface area contributed by atoms with Gasteiger partial charge in [-0.3, -0.25) is 9.59 Å². The minimum absolute atomic E-state index is 0.00267. The number of hydrogen-bond donors (Lipinski definition) is 2. The van der Waals surface area contributed by atoms with E-state index in [1.807, 2.05) is 0 Å². The molecular weight excluding hydrogens is 437 g/mol. The van der Waals surface area contributed by atoms with Gasteiger partial charge in [0, 0.05) is 63.3 Å². The molecule has 0 spiro atoms. The molecule has 0 unspecified atom stereocenters. The lowest BCUT2D eigenvalue weighted by atomic mass is 9.95. The lowest BCUT2D eigenvalue weighted by Crippen LogP contribution is -2.46. The van der Waals surface area contributed by atoms with E-state index in [1.54, 1.807) is 21.9 Å². The standard InChI is InChI=1S/C23H31ClFN3O4/c24-19-4-1-3-17(23(19)25)5-6-21(31)28-12-8-22(32)27(13-14-28)10-2-9-26-11-7-18(16-29)20(30)15-26/h1,3-6,18,20,29-30H,2,7-16H2/b6-5+/t18-,20+/m0/s1. The number of piperidine rings is 1. The van der Waals surface area contributed by atoms with Gasteiger partial charge in [0.2, 0.25) is 11.8 Å². The molecule has 0 bridgehead atoms. The van der Waals surface area contributed by atoms with Crippen molar-refractivity contribution in [3.63, 3.8) is 0 Å². The Morgan fingerprint density at radius 2 is 2.03 bits per heavy atom. The summed E-state index contributed by atoms with van der Waals surface area (Å²) in [6.07, 6.45) is 4.01. The number of hydrogen-bond acceptors (Lipinski definition) is 5. The van der Waals surface area contributed by atoms with Crippen molar-refractivity contribution in [1.82, 2.24) is 14.7 Å². The fourth-order valence-corrected chi connectivity index (χ4v) is 4.37. The van der Waals surface area contributed by atoms with Crippen molar-refractivity contribution in [3.8, 4) is 0 Å². The fraction of sp³-hybridized carbons (Fsp3) is 0.565. The average Bonchev–Trinajstić information content (AvgIpc) is 2.96. The molecule has 176 valence electrons. The number of β-amino-alcohol motifs (C(OH)–C–C–N with tert-alkyl or cyclic N) is 1. The average molecular weight is 468 g/mol. The molecule has 2 fully saturated rings. The zero-order chi connectivity index (χ0) is 23.1. The molecule has 1 aromatic carbocycles. The normalized spacial score (nSPS) is 23.1. The van der Waals surface area contributed by atoms with Crippen molar-refractivity contribution in [2.45, 2.75) is 25.4 Å². The third-order valence-electron chi connectivity index (χ3n) is 6.23. The van der Waals surface area contributed by atoms with E-state index in [0.29, 0.717) is 32.7 Å². The number of nitrogens with zero attached hydrogens (tertiary/aromatic N) is 3. The number of carbonyl (C=O) groups excluding carboxylic acids is 2. The molecule has 2 heterocycles. The van der Waals surface area contributed by atoms with E-state index >= 15 is 0 Å². The second-order valence-corrected chi connectivity index (χ2v) is 8.79. The first kappa shape index (κ1) is 24.6. The molecule has 3 rings (SSSR count). The van der Waals surface area contributed by atoms with E-state index in [-0.39, 0.29) is 41.3 Å². The van der Waals surface area contributed by atoms with Crippen LogP contribution in [0, 0.1) is 11.7 Å². The summed E-state index contributed by atoms with van der Waals surface area (Å²) in [5, 5.41) is 19.3. The predicted octanol–water partition coefficient (Wildman–Crippen LogP) is 1.62. The van der Waals surface area contributed by atoms with Gasteiger partial charge >= 0.3 is 0 Å². The first-order chi connectivity index (χ1) is 15.4. The molecule has 2 N–H and O–H groups in total. The summed E-state index contributed by atoms with van der Waals surface area (Å²) >= 11 is 5.77. The van der Waals surface area contributed by atoms with Gasteiger partial charge in [0.15, 0.2) is 0 Å². The van der Waals surface area contributed by atoms with E-state index in [2.05, 4.69) is 4.90 Å². The van der Waals surface area contributed by atoms with Gasteiger partial charge in [-0.05, 0) is 38.1 Å². The molecule has 32 heavy (non-hydrogen) atoms. The van der Waals surface area contributed by atoms with Crippen molar-refractivity contribution >= 4 is 29.5 Å². The third-order valence-corrected chi connectivity index (χ3v) is 6.52. The van der Waals surface area contributed by atoms with Gasteiger partial charge in [-0.15, -0.1) is 0 Å². The Balaban J connectivity index is 1.46. The second-order valence-electron chi connectivity index (χ2n) is 8.39. The summed E-state index contributed by atoms with van der Waals surface area (Å²) in [7, 11) is 0. The SMILES string of the molecule is O=C(/C=C/c1cccc(Cl)c1F)N1CCC(=O)N(CCCN2CC[C@@H](CO)[C@H](O)C2)CC1. The fourth-order valence-electron chi connectivity index (χ4n) is 4.19. The Kier molecular flexibility index (Phi) is 9.04. The van der Waals surface area contributed by atoms with Crippen LogP contribution in [-0.2, 0) is 9.59 Å². The van der Waals surface area contributed by atoms with Gasteiger partial charge in [0.25, 0.3) is 0 Å². The third kappa shape index (κ3) is 6.51. The van der Waals surface area contributed by atoms with Gasteiger partial charge in [0.1, 0.15) is 5.82 Å². The highest BCUT2D eigenvalue weighted by atomic mass is 35.5. The van der Waals surface area contributed by atoms with Crippen LogP contribution < -0.4 is 0 Å². The molecule has 1 aromatic rings. The lowest BCUT2D eigenvalue weighted by Gasteiger charge is -2.35. The van der Waals surface area contributed by atoms with Gasteiger partial charge < -0.3 is 24.9 Å². The van der Waals surface area contributed by atoms with Crippen LogP contribution in [0.2, 0.25) is 5.02 Å². The molecule has 2 amide bonds. The molecule has 2 aliphatic rings. The highest BCUT2D eigenvalue weighted by Gasteiger charge is 2.27. The summed E-state index contributed by atoms with van der Waals surface area (Å²) in [6, 6.07) is 4.61. The van der Waals surface area contributed by atoms with Crippen molar-refractivity contribution in [2.24, 2.45) is 5.92 Å². The maximum absolute atomic E-state index is 14.0. The predicted molar refractivity (Wildman–Crippen MR) is 120 cm³/mol. The highest BCUT2D eigenvalue weighted by Crippen LogP contribution is 2.19. The van der Waals surface area contributed by atoms with E-state index in [0.717, 1.165) is 25.9 Å². The van der Waals surface area contributed by atoms with Crippen molar-refractivity contribution in [3.05, 3.63) is 40.7 Å². The molecule has 0 aromatic heterocycles. The van der Waals surface area contributed by atoms with E-state index in [1.165, 1.54) is 18.2 Å². The maximum Gasteiger partial charge on any atom is 0.246 e. The Labute approximate surface area is 193 Å². The van der Waals surface area contributed by atoms with E-state index < -0.39 is 11.9 Å². The van der Waals surface area contributed by atoms with Crippen LogP contribution in [0.1, 0.15) is 24.8 Å². The quantitative estimate of drug-likeness (QED) is 0.595. The molecular formula is C23H31ClFN3O4. The molecule has 7 nitrogen and oxygen atoms in total. The summed E-state index contributed by atoms with van der Waals surface area (Å²) in [4.78, 5) is 30.6. The van der Waals surface area contributed by atoms with Crippen molar-refractivity contribution in [2.75, 3.05) is 52.4 Å². The topological polar surface area (TPSA) is 84.3 Å². The van der Waals surface area contributed by atoms with Gasteiger partial charge in [-0.2, -0.15) is 0 Å². The van der Waals surface area contributed by atoms with Crippen molar-refractivity contribution in [1.29, 1.82) is 0 Å². The van der Waals surface area contributed by atoms with Crippen LogP contribution in [0.15, 0.2) is 24.3 Å². The number of halogens is 2. The number of likely N-dealkylation sites (tertiary alicyclic amines) is 1. The first-order valence-corrected chi connectivity index (χ1v) is 11.5. The molecule has 0 aliphatic carbocycles. The van der Waals surface area contributed by atoms with Crippen LogP contribution in [0.5, 0.6) is 0 Å². The summed E-state index contributed by atoms with van der Waals surface area (Å²) < 4.78 is 14.0. The highest BCUT2D eigenvalue weighted by molar-refractivity contribution is 6.30. The van der Waals surface area contributed by atoms with Gasteiger partial charge in [0.05, 0.1) is 11.1 Å². The number of carbonyl (C=O) groups is 2. The molecule has 2 atom stereocenters. The minimum Gasteiger partial charge on any atom is -0.396 e. The zero-order valence-electron chi connectivity index (χ0n) is 18.1. The van der Waals surface area contributed by atoms with Crippen molar-refractivity contribution < 1.29 is 24.2 Å². The lowest BCUT2D eigenvalue weighted by molar-refractivity contribution is -0.130. The van der Waals surface area contributed by atoms with Gasteiger partial charge in [-0.25, -0.2) is 4.39 Å². The smallest absolute Gasteiger partial charge is 0.246 e. The van der Waals surface area contributed by atoms with E-state index in [4.69, 9.17) is 11.6 Å². The van der Waals surface area contributed by atoms with Crippen LogP contribution in [-0.4, -0.2) is 95.3 Å². The Bertz CT molecular complexity index is 837. The summed E-state index contributed by atoms with van der Waals surface area (Å²) in [5.74, 6) is -0.862. The Hall–Kier alpha value is -2.00. The zero-order valence-corrected chi connectivity index (χ0v) is 18.9. The molecule has 2 aliphatic heterocycles. The maximum atomic E-state index is 14.0. The van der Waals surface area contributed by atoms with Crippen LogP contribution in [0.4, 0.5) is 4.39 Å². The number of rotatable bonds is 7. The summed E-state index contributed by atoms with van der Waals surface area (Å²) in [5.41, 5.74) is 0.242. The molecule has 0 saturated carbocycles. The molecule has 2 saturated heterocycles. The number of aliphatic hydroxyl groups is 2. The van der Waals surface area contributed by atoms with Crippen LogP contribution in [0.3, 0.4) is 0 Å². The number of aliphatic hydroxyl groups excluding tert-OH is 2. The minimum atomic E-state index is -0.566. The molecule has 9 heteroatoms. The molecule has 0 radical (unpaired) electrons. The number of amides is 2. The first-order valence-electron chi connectivity index (χ1n) is 11.1. The monoisotopic (exact) mass is 467 g/mol. The Morgan fingerprint density at radius 1 is 1.22 bits per heavy atom. The van der Waals surface area contributed by atoms with Crippen LogP contribution >= 0.6 is 11.6 Å². The largest absolute Gasteiger partial charge is 0.396 e.